The van der Waals surface area contributed by atoms with Gasteiger partial charge in [0, 0.05) is 16.2 Å². The second-order valence-corrected chi connectivity index (χ2v) is 14.8. The Morgan fingerprint density at radius 3 is 2.26 bits per heavy atom. The minimum atomic E-state index is -1.74. The van der Waals surface area contributed by atoms with Gasteiger partial charge in [0.2, 0.25) is 0 Å². The molecule has 1 fully saturated rings. The van der Waals surface area contributed by atoms with E-state index in [1.54, 1.807) is 4.90 Å². The number of hydrogen-bond donors (Lipinski definition) is 0. The van der Waals surface area contributed by atoms with Gasteiger partial charge in [0.25, 0.3) is 0 Å². The molecule has 5 heteroatoms. The fourth-order valence-electron chi connectivity index (χ4n) is 4.78. The second kappa shape index (κ2) is 8.50. The summed E-state index contributed by atoms with van der Waals surface area (Å²) < 4.78 is 5.39. The van der Waals surface area contributed by atoms with Crippen molar-refractivity contribution in [3.05, 3.63) is 106 Å². The fraction of sp³-hybridized carbons (Fsp3) is 0.207. The first-order valence-electron chi connectivity index (χ1n) is 11.5. The zero-order chi connectivity index (χ0) is 23.9. The van der Waals surface area contributed by atoms with Gasteiger partial charge in [-0.25, -0.2) is 4.79 Å². The predicted octanol–water partition coefficient (Wildman–Crippen LogP) is 6.84. The number of rotatable bonds is 3. The minimum Gasteiger partial charge on any atom is -0.447 e. The summed E-state index contributed by atoms with van der Waals surface area (Å²) in [7, 11) is -1.74. The van der Waals surface area contributed by atoms with E-state index in [0.717, 1.165) is 33.5 Å². The highest BCUT2D eigenvalue weighted by molar-refractivity contribution is 6.83. The monoisotopic (exact) mass is 483 g/mol. The van der Waals surface area contributed by atoms with Crippen LogP contribution in [0.25, 0.3) is 11.3 Å². The van der Waals surface area contributed by atoms with Crippen LogP contribution in [-0.2, 0) is 10.2 Å². The highest BCUT2D eigenvalue weighted by Gasteiger charge is 2.49. The van der Waals surface area contributed by atoms with Crippen LogP contribution in [0.2, 0.25) is 24.7 Å². The number of allylic oxidation sites excluding steroid dienone is 1. The number of nitrogens with zero attached hydrogens (tertiary/aromatic N) is 1. The largest absolute Gasteiger partial charge is 0.447 e. The van der Waals surface area contributed by atoms with Crippen molar-refractivity contribution in [3.8, 4) is 11.5 Å². The number of hydrogen-bond acceptors (Lipinski definition) is 2. The fourth-order valence-corrected chi connectivity index (χ4v) is 5.47. The van der Waals surface area contributed by atoms with Gasteiger partial charge in [-0.15, -0.1) is 5.54 Å². The van der Waals surface area contributed by atoms with Gasteiger partial charge in [-0.3, -0.25) is 4.90 Å². The van der Waals surface area contributed by atoms with Crippen molar-refractivity contribution in [2.24, 2.45) is 0 Å². The lowest BCUT2D eigenvalue weighted by molar-refractivity contribution is 0.167. The van der Waals surface area contributed by atoms with E-state index < -0.39 is 13.5 Å². The Kier molecular flexibility index (Phi) is 5.63. The van der Waals surface area contributed by atoms with E-state index in [1.807, 2.05) is 36.4 Å². The van der Waals surface area contributed by atoms with Crippen molar-refractivity contribution in [1.29, 1.82) is 0 Å². The molecular weight excluding hydrogens is 458 g/mol. The van der Waals surface area contributed by atoms with Gasteiger partial charge in [0.1, 0.15) is 20.1 Å². The summed E-state index contributed by atoms with van der Waals surface area (Å²) >= 11 is 6.28. The summed E-state index contributed by atoms with van der Waals surface area (Å²) in [4.78, 5) is 14.7. The van der Waals surface area contributed by atoms with Gasteiger partial charge in [-0.2, -0.15) is 0 Å². The average molecular weight is 484 g/mol. The Morgan fingerprint density at radius 2 is 1.62 bits per heavy atom. The Hall–Kier alpha value is -3.26. The van der Waals surface area contributed by atoms with E-state index in [1.165, 1.54) is 0 Å². The number of amides is 1. The summed E-state index contributed by atoms with van der Waals surface area (Å²) in [6, 6.07) is 26.6. The first-order chi connectivity index (χ1) is 16.3. The van der Waals surface area contributed by atoms with Crippen LogP contribution in [0.3, 0.4) is 0 Å². The molecule has 3 aromatic carbocycles. The highest BCUT2D eigenvalue weighted by Crippen LogP contribution is 2.55. The Labute approximate surface area is 207 Å². The third kappa shape index (κ3) is 3.75. The first kappa shape index (κ1) is 22.5. The quantitative estimate of drug-likeness (QED) is 0.301. The highest BCUT2D eigenvalue weighted by atomic mass is 35.5. The van der Waals surface area contributed by atoms with Gasteiger partial charge in [0.15, 0.2) is 0 Å². The Bertz CT molecular complexity index is 1350. The molecule has 2 aliphatic rings. The van der Waals surface area contributed by atoms with Gasteiger partial charge >= 0.3 is 6.09 Å². The normalized spacial score (nSPS) is 19.5. The van der Waals surface area contributed by atoms with Crippen LogP contribution in [0, 0.1) is 11.5 Å². The SMILES string of the molecule is C[Si](C)(C)C#CC1(c2ccccc2)C(c2ccc(Cl)cc2)=C(N2CCOC2=O)c2ccccc21. The third-order valence-electron chi connectivity index (χ3n) is 6.19. The number of cyclic esters (lactones) is 1. The van der Waals surface area contributed by atoms with Crippen LogP contribution >= 0.6 is 11.6 Å². The molecule has 0 N–H and O–H groups in total. The van der Waals surface area contributed by atoms with E-state index in [0.29, 0.717) is 18.2 Å². The smallest absolute Gasteiger partial charge is 0.414 e. The molecule has 1 amide bonds. The molecule has 34 heavy (non-hydrogen) atoms. The summed E-state index contributed by atoms with van der Waals surface area (Å²) in [5.41, 5.74) is 8.99. The summed E-state index contributed by atoms with van der Waals surface area (Å²) in [5, 5.41) is 0.667. The molecule has 0 spiro atoms. The maximum Gasteiger partial charge on any atom is 0.414 e. The summed E-state index contributed by atoms with van der Waals surface area (Å²) in [5.74, 6) is 3.78. The molecule has 3 aromatic rings. The van der Waals surface area contributed by atoms with E-state index in [4.69, 9.17) is 16.3 Å². The Morgan fingerprint density at radius 1 is 0.941 bits per heavy atom. The van der Waals surface area contributed by atoms with E-state index >= 15 is 0 Å². The molecular formula is C29H26ClNO2Si. The molecule has 0 bridgehead atoms. The van der Waals surface area contributed by atoms with Crippen LogP contribution in [0.4, 0.5) is 4.79 Å². The molecule has 1 unspecified atom stereocenters. The van der Waals surface area contributed by atoms with Gasteiger partial charge in [-0.05, 0) is 28.8 Å². The molecule has 0 aromatic heterocycles. The van der Waals surface area contributed by atoms with Crippen LogP contribution in [0.5, 0.6) is 0 Å². The van der Waals surface area contributed by atoms with E-state index in [2.05, 4.69) is 73.6 Å². The molecule has 5 rings (SSSR count). The average Bonchev–Trinajstić information content (AvgIpc) is 3.37. The van der Waals surface area contributed by atoms with Gasteiger partial charge in [-0.1, -0.05) is 104 Å². The predicted molar refractivity (Wildman–Crippen MR) is 141 cm³/mol. The number of carbonyl (C=O) groups excluding carboxylic acids is 1. The van der Waals surface area contributed by atoms with Crippen molar-refractivity contribution in [2.45, 2.75) is 25.1 Å². The van der Waals surface area contributed by atoms with E-state index in [9.17, 15) is 4.79 Å². The first-order valence-corrected chi connectivity index (χ1v) is 15.3. The van der Waals surface area contributed by atoms with Gasteiger partial charge in [0.05, 0.1) is 12.2 Å². The molecule has 170 valence electrons. The summed E-state index contributed by atoms with van der Waals surface area (Å²) in [6.07, 6.45) is -0.321. The minimum absolute atomic E-state index is 0.321. The molecule has 1 aliphatic carbocycles. The molecule has 1 aliphatic heterocycles. The Balaban J connectivity index is 1.95. The molecule has 1 heterocycles. The topological polar surface area (TPSA) is 29.5 Å². The molecule has 1 atom stereocenters. The van der Waals surface area contributed by atoms with Crippen LogP contribution in [0.1, 0.15) is 22.3 Å². The van der Waals surface area contributed by atoms with Crippen molar-refractivity contribution >= 4 is 37.0 Å². The third-order valence-corrected chi connectivity index (χ3v) is 7.32. The zero-order valence-corrected chi connectivity index (χ0v) is 21.3. The van der Waals surface area contributed by atoms with Crippen molar-refractivity contribution in [2.75, 3.05) is 13.2 Å². The number of halogens is 1. The van der Waals surface area contributed by atoms with Crippen LogP contribution in [-0.4, -0.2) is 32.2 Å². The standard InChI is InChI=1S/C29H26ClNO2Si/c1-34(2,3)20-17-29(22-9-5-4-6-10-22)25-12-8-7-11-24(25)27(31-18-19-33-28(31)32)26(29)21-13-15-23(30)16-14-21/h4-16H,18-19H2,1-3H3. The van der Waals surface area contributed by atoms with Crippen molar-refractivity contribution < 1.29 is 9.53 Å². The molecule has 0 radical (unpaired) electrons. The van der Waals surface area contributed by atoms with Crippen molar-refractivity contribution in [3.63, 3.8) is 0 Å². The maximum atomic E-state index is 12.9. The van der Waals surface area contributed by atoms with Crippen molar-refractivity contribution in [1.82, 2.24) is 4.90 Å². The lowest BCUT2D eigenvalue weighted by atomic mass is 9.70. The number of ether oxygens (including phenoxy) is 1. The second-order valence-electron chi connectivity index (χ2n) is 9.66. The van der Waals surface area contributed by atoms with Crippen LogP contribution < -0.4 is 0 Å². The van der Waals surface area contributed by atoms with E-state index in [-0.39, 0.29) is 6.09 Å². The molecule has 3 nitrogen and oxygen atoms in total. The number of carbonyl (C=O) groups is 1. The molecule has 1 saturated heterocycles. The van der Waals surface area contributed by atoms with Crippen LogP contribution in [0.15, 0.2) is 78.9 Å². The number of fused-ring (bicyclic) bond motifs is 1. The zero-order valence-electron chi connectivity index (χ0n) is 19.6. The lowest BCUT2D eigenvalue weighted by Crippen LogP contribution is -2.29. The summed E-state index contributed by atoms with van der Waals surface area (Å²) in [6.45, 7) is 7.64. The lowest BCUT2D eigenvalue weighted by Gasteiger charge is -2.31. The van der Waals surface area contributed by atoms with Gasteiger partial charge < -0.3 is 4.74 Å². The molecule has 0 saturated carbocycles. The number of benzene rings is 3. The maximum absolute atomic E-state index is 12.9.